The molecule has 0 heterocycles. The molecule has 0 aromatic heterocycles. The van der Waals surface area contributed by atoms with Crippen molar-refractivity contribution in [2.24, 2.45) is 0 Å². The van der Waals surface area contributed by atoms with Crippen LogP contribution in [-0.2, 0) is 10.0 Å². The fourth-order valence-corrected chi connectivity index (χ4v) is 3.44. The summed E-state index contributed by atoms with van der Waals surface area (Å²) in [5.41, 5.74) is 0.399. The van der Waals surface area contributed by atoms with Gasteiger partial charge in [-0.3, -0.25) is 4.31 Å². The fourth-order valence-electron chi connectivity index (χ4n) is 1.91. The lowest BCUT2D eigenvalue weighted by atomic mass is 10.3. The summed E-state index contributed by atoms with van der Waals surface area (Å²) in [5, 5.41) is 8.71. The molecule has 4 nitrogen and oxygen atoms in total. The van der Waals surface area contributed by atoms with E-state index in [1.165, 1.54) is 18.2 Å². The van der Waals surface area contributed by atoms with Crippen LogP contribution in [-0.4, -0.2) is 15.0 Å². The lowest BCUT2D eigenvalue weighted by Gasteiger charge is -2.23. The molecule has 2 rings (SSSR count). The molecule has 0 radical (unpaired) electrons. The molecule has 0 atom stereocenters. The number of nitriles is 1. The van der Waals surface area contributed by atoms with Crippen molar-refractivity contribution < 1.29 is 12.8 Å². The van der Waals surface area contributed by atoms with Crippen molar-refractivity contribution in [2.75, 3.05) is 10.8 Å². The fraction of sp³-hybridized carbons (Fsp3) is 0.133. The quantitative estimate of drug-likeness (QED) is 0.853. The van der Waals surface area contributed by atoms with Crippen molar-refractivity contribution in [3.63, 3.8) is 0 Å². The largest absolute Gasteiger partial charge is 0.267 e. The lowest BCUT2D eigenvalue weighted by Crippen LogP contribution is -2.32. The third kappa shape index (κ3) is 3.20. The van der Waals surface area contributed by atoms with Gasteiger partial charge in [0.15, 0.2) is 0 Å². The topological polar surface area (TPSA) is 61.2 Å². The van der Waals surface area contributed by atoms with E-state index in [1.807, 2.05) is 6.07 Å². The Bertz CT molecular complexity index is 755. The number of anilines is 1. The summed E-state index contributed by atoms with van der Waals surface area (Å²) < 4.78 is 40.1. The van der Waals surface area contributed by atoms with E-state index in [1.54, 1.807) is 30.3 Å². The Labute approximate surface area is 123 Å². The van der Waals surface area contributed by atoms with E-state index < -0.39 is 20.7 Å². The monoisotopic (exact) mass is 304 g/mol. The Morgan fingerprint density at radius 1 is 1.05 bits per heavy atom. The van der Waals surface area contributed by atoms with E-state index in [2.05, 4.69) is 0 Å². The minimum atomic E-state index is -4.05. The van der Waals surface area contributed by atoms with Crippen LogP contribution in [0.15, 0.2) is 59.5 Å². The van der Waals surface area contributed by atoms with Crippen LogP contribution in [0.1, 0.15) is 6.42 Å². The zero-order valence-electron chi connectivity index (χ0n) is 11.1. The average molecular weight is 304 g/mol. The van der Waals surface area contributed by atoms with E-state index in [0.29, 0.717) is 5.69 Å². The van der Waals surface area contributed by atoms with Gasteiger partial charge in [-0.2, -0.15) is 5.26 Å². The van der Waals surface area contributed by atoms with E-state index in [9.17, 15) is 12.8 Å². The van der Waals surface area contributed by atoms with Crippen LogP contribution in [0.2, 0.25) is 0 Å². The molecule has 0 bridgehead atoms. The van der Waals surface area contributed by atoms with Crippen LogP contribution >= 0.6 is 0 Å². The van der Waals surface area contributed by atoms with Gasteiger partial charge in [-0.15, -0.1) is 0 Å². The molecule has 0 aliphatic carbocycles. The molecule has 108 valence electrons. The summed E-state index contributed by atoms with van der Waals surface area (Å²) in [7, 11) is -4.05. The zero-order chi connectivity index (χ0) is 15.3. The molecule has 0 saturated heterocycles. The SMILES string of the molecule is N#CCCN(c1ccccc1)S(=O)(=O)c1ccccc1F. The third-order valence-electron chi connectivity index (χ3n) is 2.88. The minimum Gasteiger partial charge on any atom is -0.265 e. The first-order valence-corrected chi connectivity index (χ1v) is 7.70. The number of sulfonamides is 1. The zero-order valence-corrected chi connectivity index (χ0v) is 11.9. The molecular formula is C15H13FN2O2S. The Hall–Kier alpha value is -2.39. The van der Waals surface area contributed by atoms with Gasteiger partial charge in [0, 0.05) is 6.54 Å². The summed E-state index contributed by atoms with van der Waals surface area (Å²) >= 11 is 0. The van der Waals surface area contributed by atoms with Crippen LogP contribution < -0.4 is 4.31 Å². The standard InChI is InChI=1S/C15H13FN2O2S/c16-14-9-4-5-10-15(14)21(19,20)18(12-6-11-17)13-7-2-1-3-8-13/h1-5,7-10H,6,12H2. The summed E-state index contributed by atoms with van der Waals surface area (Å²) in [5.74, 6) is -0.810. The summed E-state index contributed by atoms with van der Waals surface area (Å²) in [4.78, 5) is -0.396. The first-order valence-electron chi connectivity index (χ1n) is 6.26. The molecule has 0 saturated carbocycles. The Kier molecular flexibility index (Phi) is 4.55. The van der Waals surface area contributed by atoms with Crippen molar-refractivity contribution in [1.82, 2.24) is 0 Å². The number of para-hydroxylation sites is 1. The van der Waals surface area contributed by atoms with Crippen molar-refractivity contribution in [3.05, 3.63) is 60.4 Å². The van der Waals surface area contributed by atoms with Gasteiger partial charge < -0.3 is 0 Å². The molecule has 21 heavy (non-hydrogen) atoms. The van der Waals surface area contributed by atoms with E-state index >= 15 is 0 Å². The molecule has 0 fully saturated rings. The van der Waals surface area contributed by atoms with Gasteiger partial charge in [-0.1, -0.05) is 30.3 Å². The molecule has 6 heteroatoms. The van der Waals surface area contributed by atoms with Crippen molar-refractivity contribution in [1.29, 1.82) is 5.26 Å². The summed E-state index contributed by atoms with van der Waals surface area (Å²) in [6.45, 7) is -0.0306. The van der Waals surface area contributed by atoms with Gasteiger partial charge in [0.05, 0.1) is 18.2 Å². The highest BCUT2D eigenvalue weighted by Crippen LogP contribution is 2.25. The van der Waals surface area contributed by atoms with Gasteiger partial charge in [0.25, 0.3) is 10.0 Å². The molecule has 0 unspecified atom stereocenters. The number of benzene rings is 2. The number of rotatable bonds is 5. The molecule has 0 amide bonds. The van der Waals surface area contributed by atoms with Crippen LogP contribution in [0.5, 0.6) is 0 Å². The number of halogens is 1. The number of nitrogens with zero attached hydrogens (tertiary/aromatic N) is 2. The first-order chi connectivity index (χ1) is 10.1. The van der Waals surface area contributed by atoms with Crippen molar-refractivity contribution in [2.45, 2.75) is 11.3 Å². The Morgan fingerprint density at radius 2 is 1.67 bits per heavy atom. The number of hydrogen-bond donors (Lipinski definition) is 0. The van der Waals surface area contributed by atoms with Crippen molar-refractivity contribution >= 4 is 15.7 Å². The molecular weight excluding hydrogens is 291 g/mol. The van der Waals surface area contributed by atoms with Gasteiger partial charge in [0.2, 0.25) is 0 Å². The van der Waals surface area contributed by atoms with Crippen LogP contribution in [0.4, 0.5) is 10.1 Å². The predicted molar refractivity (Wildman–Crippen MR) is 77.6 cm³/mol. The lowest BCUT2D eigenvalue weighted by molar-refractivity contribution is 0.563. The highest BCUT2D eigenvalue weighted by atomic mass is 32.2. The molecule has 2 aromatic carbocycles. The Morgan fingerprint density at radius 3 is 2.29 bits per heavy atom. The van der Waals surface area contributed by atoms with E-state index in [0.717, 1.165) is 10.4 Å². The normalized spacial score (nSPS) is 10.9. The maximum atomic E-state index is 13.8. The van der Waals surface area contributed by atoms with Gasteiger partial charge in [-0.25, -0.2) is 12.8 Å². The smallest absolute Gasteiger partial charge is 0.265 e. The summed E-state index contributed by atoms with van der Waals surface area (Å²) in [6, 6.07) is 15.4. The minimum absolute atomic E-state index is 0.0164. The van der Waals surface area contributed by atoms with Crippen molar-refractivity contribution in [3.8, 4) is 6.07 Å². The van der Waals surface area contributed by atoms with Crippen LogP contribution in [0, 0.1) is 17.1 Å². The average Bonchev–Trinajstić information content (AvgIpc) is 2.49. The molecule has 2 aromatic rings. The molecule has 0 aliphatic heterocycles. The van der Waals surface area contributed by atoms with Crippen LogP contribution in [0.25, 0.3) is 0 Å². The predicted octanol–water partition coefficient (Wildman–Crippen LogP) is 2.93. The molecule has 0 aliphatic rings. The van der Waals surface area contributed by atoms with E-state index in [4.69, 9.17) is 5.26 Å². The highest BCUT2D eigenvalue weighted by molar-refractivity contribution is 7.92. The molecule has 0 N–H and O–H groups in total. The third-order valence-corrected chi connectivity index (χ3v) is 4.74. The second kappa shape index (κ2) is 6.37. The van der Waals surface area contributed by atoms with Gasteiger partial charge >= 0.3 is 0 Å². The maximum Gasteiger partial charge on any atom is 0.267 e. The first kappa shape index (κ1) is 15.0. The molecule has 0 spiro atoms. The number of hydrogen-bond acceptors (Lipinski definition) is 3. The highest BCUT2D eigenvalue weighted by Gasteiger charge is 2.27. The second-order valence-corrected chi connectivity index (χ2v) is 6.08. The van der Waals surface area contributed by atoms with Gasteiger partial charge in [-0.05, 0) is 24.3 Å². The summed E-state index contributed by atoms with van der Waals surface area (Å²) in [6.07, 6.45) is 0.0164. The second-order valence-electron chi connectivity index (χ2n) is 4.25. The maximum absolute atomic E-state index is 13.8. The van der Waals surface area contributed by atoms with Gasteiger partial charge in [0.1, 0.15) is 10.7 Å². The van der Waals surface area contributed by atoms with E-state index in [-0.39, 0.29) is 13.0 Å². The van der Waals surface area contributed by atoms with Crippen LogP contribution in [0.3, 0.4) is 0 Å². The Balaban J connectivity index is 2.51.